The van der Waals surface area contributed by atoms with Gasteiger partial charge in [-0.05, 0) is 54.4 Å². The fourth-order valence-electron chi connectivity index (χ4n) is 4.43. The SMILES string of the molecule is O=C1C(N2CCOC(c3cc(Cl)cc(Cl)c3)C2)CCN1c1ccc(S(=O)(=O)Nc2nccs2)cc1. The number of nitrogens with zero attached hydrogens (tertiary/aromatic N) is 3. The number of carbonyl (C=O) groups excluding carboxylic acids is 1. The maximum atomic E-state index is 13.3. The maximum Gasteiger partial charge on any atom is 0.263 e. The number of hydrogen-bond donors (Lipinski definition) is 1. The van der Waals surface area contributed by atoms with E-state index in [1.807, 2.05) is 12.1 Å². The van der Waals surface area contributed by atoms with Crippen LogP contribution in [0.4, 0.5) is 10.8 Å². The van der Waals surface area contributed by atoms with Crippen LogP contribution in [0.25, 0.3) is 0 Å². The van der Waals surface area contributed by atoms with Crippen molar-refractivity contribution in [1.82, 2.24) is 9.88 Å². The molecule has 2 aromatic carbocycles. The van der Waals surface area contributed by atoms with Crippen molar-refractivity contribution in [3.63, 3.8) is 0 Å². The van der Waals surface area contributed by atoms with Gasteiger partial charge in [-0.1, -0.05) is 23.2 Å². The highest BCUT2D eigenvalue weighted by molar-refractivity contribution is 7.93. The largest absolute Gasteiger partial charge is 0.371 e. The summed E-state index contributed by atoms with van der Waals surface area (Å²) in [5.74, 6) is -0.00806. The van der Waals surface area contributed by atoms with Crippen LogP contribution in [-0.4, -0.2) is 56.5 Å². The summed E-state index contributed by atoms with van der Waals surface area (Å²) in [4.78, 5) is 21.2. The minimum absolute atomic E-state index is 0.00806. The molecule has 0 aliphatic carbocycles. The van der Waals surface area contributed by atoms with Gasteiger partial charge in [0.25, 0.3) is 10.0 Å². The molecule has 1 N–H and O–H groups in total. The van der Waals surface area contributed by atoms with E-state index in [2.05, 4.69) is 14.6 Å². The average molecular weight is 553 g/mol. The average Bonchev–Trinajstić information content (AvgIpc) is 3.48. The predicted octanol–water partition coefficient (Wildman–Crippen LogP) is 4.43. The van der Waals surface area contributed by atoms with E-state index in [4.69, 9.17) is 27.9 Å². The molecule has 5 rings (SSSR count). The molecule has 1 amide bonds. The van der Waals surface area contributed by atoms with E-state index in [0.29, 0.717) is 53.5 Å². The zero-order valence-corrected chi connectivity index (χ0v) is 21.6. The monoisotopic (exact) mass is 552 g/mol. The van der Waals surface area contributed by atoms with E-state index in [-0.39, 0.29) is 22.9 Å². The first-order chi connectivity index (χ1) is 16.8. The van der Waals surface area contributed by atoms with E-state index >= 15 is 0 Å². The number of ether oxygens (including phenoxy) is 1. The summed E-state index contributed by atoms with van der Waals surface area (Å²) < 4.78 is 33.6. The number of nitrogens with one attached hydrogen (secondary N) is 1. The Kier molecular flexibility index (Phi) is 7.02. The molecular weight excluding hydrogens is 531 g/mol. The number of aromatic nitrogens is 1. The van der Waals surface area contributed by atoms with Crippen molar-refractivity contribution in [3.8, 4) is 0 Å². The highest BCUT2D eigenvalue weighted by atomic mass is 35.5. The fraction of sp³-hybridized carbons (Fsp3) is 0.304. The number of benzene rings is 2. The molecule has 0 saturated carbocycles. The molecular formula is C23H22Cl2N4O4S2. The van der Waals surface area contributed by atoms with Gasteiger partial charge in [-0.15, -0.1) is 11.3 Å². The molecule has 2 saturated heterocycles. The van der Waals surface area contributed by atoms with Gasteiger partial charge < -0.3 is 9.64 Å². The molecule has 8 nitrogen and oxygen atoms in total. The molecule has 0 bridgehead atoms. The van der Waals surface area contributed by atoms with Crippen LogP contribution in [0.2, 0.25) is 10.0 Å². The van der Waals surface area contributed by atoms with Gasteiger partial charge in [0, 0.05) is 46.9 Å². The number of sulfonamides is 1. The molecule has 12 heteroatoms. The topological polar surface area (TPSA) is 91.8 Å². The van der Waals surface area contributed by atoms with Crippen molar-refractivity contribution < 1.29 is 17.9 Å². The van der Waals surface area contributed by atoms with Crippen LogP contribution in [0.5, 0.6) is 0 Å². The normalized spacial score (nSPS) is 21.4. The lowest BCUT2D eigenvalue weighted by molar-refractivity contribution is -0.125. The zero-order valence-electron chi connectivity index (χ0n) is 18.4. The third-order valence-electron chi connectivity index (χ3n) is 6.09. The molecule has 1 aromatic heterocycles. The molecule has 0 radical (unpaired) electrons. The molecule has 2 fully saturated rings. The third kappa shape index (κ3) is 5.32. The molecule has 2 aliphatic rings. The van der Waals surface area contributed by atoms with E-state index in [1.165, 1.54) is 29.7 Å². The van der Waals surface area contributed by atoms with Crippen molar-refractivity contribution in [1.29, 1.82) is 0 Å². The number of anilines is 2. The zero-order chi connectivity index (χ0) is 24.6. The van der Waals surface area contributed by atoms with E-state index < -0.39 is 10.0 Å². The van der Waals surface area contributed by atoms with Crippen LogP contribution >= 0.6 is 34.5 Å². The van der Waals surface area contributed by atoms with Crippen LogP contribution < -0.4 is 9.62 Å². The fourth-order valence-corrected chi connectivity index (χ4v) is 6.76. The Morgan fingerprint density at radius 2 is 1.83 bits per heavy atom. The standard InChI is InChI=1S/C23H22Cl2N4O4S2/c24-16-11-15(12-17(25)13-16)21-14-28(8-9-33-21)20-5-7-29(22(20)30)18-1-3-19(4-2-18)35(31,32)27-23-26-6-10-34-23/h1-4,6,10-13,20-21H,5,7-9,14H2,(H,26,27). The van der Waals surface area contributed by atoms with Gasteiger partial charge in [-0.25, -0.2) is 13.4 Å². The molecule has 35 heavy (non-hydrogen) atoms. The number of amides is 1. The van der Waals surface area contributed by atoms with Crippen molar-refractivity contribution >= 4 is 61.3 Å². The molecule has 2 aliphatic heterocycles. The number of morpholine rings is 1. The molecule has 184 valence electrons. The summed E-state index contributed by atoms with van der Waals surface area (Å²) in [5.41, 5.74) is 1.55. The second-order valence-electron chi connectivity index (χ2n) is 8.29. The first kappa shape index (κ1) is 24.5. The van der Waals surface area contributed by atoms with Crippen LogP contribution in [0.15, 0.2) is 58.9 Å². The highest BCUT2D eigenvalue weighted by Gasteiger charge is 2.39. The minimum Gasteiger partial charge on any atom is -0.371 e. The highest BCUT2D eigenvalue weighted by Crippen LogP contribution is 2.32. The lowest BCUT2D eigenvalue weighted by Gasteiger charge is -2.36. The van der Waals surface area contributed by atoms with Gasteiger partial charge in [0.05, 0.1) is 23.6 Å². The van der Waals surface area contributed by atoms with E-state index in [1.54, 1.807) is 28.5 Å². The number of hydrogen-bond acceptors (Lipinski definition) is 7. The Morgan fingerprint density at radius 1 is 1.09 bits per heavy atom. The lowest BCUT2D eigenvalue weighted by atomic mass is 10.1. The van der Waals surface area contributed by atoms with Crippen molar-refractivity contribution in [2.75, 3.05) is 35.9 Å². The Morgan fingerprint density at radius 3 is 2.51 bits per heavy atom. The second kappa shape index (κ2) is 10.0. The Hall–Kier alpha value is -2.21. The third-order valence-corrected chi connectivity index (χ3v) is 8.69. The summed E-state index contributed by atoms with van der Waals surface area (Å²) in [6.45, 7) is 2.25. The Labute approximate surface area is 217 Å². The Bertz CT molecular complexity index is 1300. The summed E-state index contributed by atoms with van der Waals surface area (Å²) in [6.07, 6.45) is 1.98. The van der Waals surface area contributed by atoms with Gasteiger partial charge in [-0.2, -0.15) is 0 Å². The first-order valence-corrected chi connectivity index (χ1v) is 14.1. The second-order valence-corrected chi connectivity index (χ2v) is 11.7. The van der Waals surface area contributed by atoms with Crippen LogP contribution in [0.1, 0.15) is 18.1 Å². The molecule has 2 atom stereocenters. The number of carbonyl (C=O) groups is 1. The number of rotatable bonds is 6. The smallest absolute Gasteiger partial charge is 0.263 e. The lowest BCUT2D eigenvalue weighted by Crippen LogP contribution is -2.48. The molecule has 3 aromatic rings. The van der Waals surface area contributed by atoms with Crippen molar-refractivity contribution in [2.45, 2.75) is 23.5 Å². The van der Waals surface area contributed by atoms with Gasteiger partial charge in [0.1, 0.15) is 0 Å². The number of halogens is 2. The summed E-state index contributed by atoms with van der Waals surface area (Å²) >= 11 is 13.5. The van der Waals surface area contributed by atoms with E-state index in [9.17, 15) is 13.2 Å². The summed E-state index contributed by atoms with van der Waals surface area (Å²) in [5, 5.41) is 3.08. The van der Waals surface area contributed by atoms with Gasteiger partial charge in [-0.3, -0.25) is 14.4 Å². The van der Waals surface area contributed by atoms with Gasteiger partial charge in [0.2, 0.25) is 5.91 Å². The number of thiazole rings is 1. The van der Waals surface area contributed by atoms with E-state index in [0.717, 1.165) is 5.56 Å². The quantitative estimate of drug-likeness (QED) is 0.486. The molecule has 3 heterocycles. The van der Waals surface area contributed by atoms with Gasteiger partial charge >= 0.3 is 0 Å². The first-order valence-electron chi connectivity index (χ1n) is 11.0. The summed E-state index contributed by atoms with van der Waals surface area (Å²) in [6, 6.07) is 11.4. The van der Waals surface area contributed by atoms with Crippen LogP contribution in [-0.2, 0) is 19.6 Å². The van der Waals surface area contributed by atoms with Gasteiger partial charge in [0.15, 0.2) is 5.13 Å². The predicted molar refractivity (Wildman–Crippen MR) is 137 cm³/mol. The van der Waals surface area contributed by atoms with Crippen molar-refractivity contribution in [3.05, 3.63) is 69.7 Å². The summed E-state index contributed by atoms with van der Waals surface area (Å²) in [7, 11) is -3.75. The maximum absolute atomic E-state index is 13.3. The minimum atomic E-state index is -3.75. The van der Waals surface area contributed by atoms with Crippen LogP contribution in [0, 0.1) is 0 Å². The molecule has 0 spiro atoms. The Balaban J connectivity index is 1.27. The van der Waals surface area contributed by atoms with Crippen LogP contribution in [0.3, 0.4) is 0 Å². The van der Waals surface area contributed by atoms with Crippen molar-refractivity contribution in [2.24, 2.45) is 0 Å². The molecule has 2 unspecified atom stereocenters.